The summed E-state index contributed by atoms with van der Waals surface area (Å²) in [5.74, 6) is 0.0393. The molecular formula is C20H22ClNO6S. The van der Waals surface area contributed by atoms with Crippen LogP contribution >= 0.6 is 11.6 Å². The zero-order valence-corrected chi connectivity index (χ0v) is 17.5. The fraction of sp³-hybridized carbons (Fsp3) is 0.350. The lowest BCUT2D eigenvalue weighted by Crippen LogP contribution is -2.28. The van der Waals surface area contributed by atoms with Crippen LogP contribution in [-0.2, 0) is 14.8 Å². The topological polar surface area (TPSA) is 82.1 Å². The van der Waals surface area contributed by atoms with E-state index < -0.39 is 16.0 Å². The maximum Gasteiger partial charge on any atom is 0.338 e. The molecule has 0 saturated carbocycles. The van der Waals surface area contributed by atoms with Crippen molar-refractivity contribution in [2.75, 3.05) is 33.4 Å². The molecule has 1 fully saturated rings. The first kappa shape index (κ1) is 21.4. The number of sulfonamides is 1. The van der Waals surface area contributed by atoms with Crippen LogP contribution in [0.5, 0.6) is 11.5 Å². The molecule has 29 heavy (non-hydrogen) atoms. The Kier molecular flexibility index (Phi) is 7.00. The SMILES string of the molecule is COc1ccc(C(=O)OCCOc2ccccc2Cl)cc1S(=O)(=O)N1CCCC1. The number of hydrogen-bond donors (Lipinski definition) is 0. The number of nitrogens with zero attached hydrogens (tertiary/aromatic N) is 1. The van der Waals surface area contributed by atoms with E-state index >= 15 is 0 Å². The fourth-order valence-electron chi connectivity index (χ4n) is 3.00. The highest BCUT2D eigenvalue weighted by Gasteiger charge is 2.30. The maximum atomic E-state index is 12.9. The molecule has 0 unspecified atom stereocenters. The van der Waals surface area contributed by atoms with Crippen molar-refractivity contribution in [3.05, 3.63) is 53.1 Å². The van der Waals surface area contributed by atoms with Crippen molar-refractivity contribution in [3.8, 4) is 11.5 Å². The van der Waals surface area contributed by atoms with Gasteiger partial charge in [-0.05, 0) is 43.2 Å². The summed E-state index contributed by atoms with van der Waals surface area (Å²) < 4.78 is 43.1. The van der Waals surface area contributed by atoms with E-state index in [-0.39, 0.29) is 29.4 Å². The largest absolute Gasteiger partial charge is 0.495 e. The van der Waals surface area contributed by atoms with Gasteiger partial charge in [-0.25, -0.2) is 13.2 Å². The molecule has 0 aromatic heterocycles. The van der Waals surface area contributed by atoms with Gasteiger partial charge >= 0.3 is 5.97 Å². The predicted molar refractivity (Wildman–Crippen MR) is 108 cm³/mol. The number of carbonyl (C=O) groups is 1. The first-order chi connectivity index (χ1) is 13.9. The molecule has 7 nitrogen and oxygen atoms in total. The number of esters is 1. The molecule has 0 atom stereocenters. The van der Waals surface area contributed by atoms with E-state index in [4.69, 9.17) is 25.8 Å². The third kappa shape index (κ3) is 5.01. The number of methoxy groups -OCH3 is 1. The van der Waals surface area contributed by atoms with Gasteiger partial charge in [0.25, 0.3) is 0 Å². The summed E-state index contributed by atoms with van der Waals surface area (Å²) in [6.45, 7) is 1.02. The van der Waals surface area contributed by atoms with Crippen molar-refractivity contribution in [1.82, 2.24) is 4.31 Å². The van der Waals surface area contributed by atoms with Gasteiger partial charge in [0.15, 0.2) is 0 Å². The van der Waals surface area contributed by atoms with Crippen LogP contribution in [0.1, 0.15) is 23.2 Å². The van der Waals surface area contributed by atoms with Crippen molar-refractivity contribution < 1.29 is 27.4 Å². The van der Waals surface area contributed by atoms with Gasteiger partial charge in [-0.2, -0.15) is 4.31 Å². The van der Waals surface area contributed by atoms with Crippen LogP contribution in [-0.4, -0.2) is 52.1 Å². The van der Waals surface area contributed by atoms with Crippen molar-refractivity contribution in [1.29, 1.82) is 0 Å². The molecule has 0 radical (unpaired) electrons. The van der Waals surface area contributed by atoms with Crippen molar-refractivity contribution in [3.63, 3.8) is 0 Å². The highest BCUT2D eigenvalue weighted by molar-refractivity contribution is 7.89. The molecule has 2 aromatic rings. The Hall–Kier alpha value is -2.29. The summed E-state index contributed by atoms with van der Waals surface area (Å²) in [6.07, 6.45) is 1.63. The summed E-state index contributed by atoms with van der Waals surface area (Å²) in [6, 6.07) is 11.2. The number of ether oxygens (including phenoxy) is 3. The van der Waals surface area contributed by atoms with Crippen LogP contribution in [0.4, 0.5) is 0 Å². The van der Waals surface area contributed by atoms with Crippen LogP contribution < -0.4 is 9.47 Å². The number of halogens is 1. The summed E-state index contributed by atoms with van der Waals surface area (Å²) in [5, 5.41) is 0.464. The van der Waals surface area contributed by atoms with E-state index in [1.165, 1.54) is 29.6 Å². The highest BCUT2D eigenvalue weighted by atomic mass is 35.5. The number of benzene rings is 2. The summed E-state index contributed by atoms with van der Waals surface area (Å²) in [4.78, 5) is 12.3. The van der Waals surface area contributed by atoms with Gasteiger partial charge in [0.1, 0.15) is 29.6 Å². The lowest BCUT2D eigenvalue weighted by atomic mass is 10.2. The fourth-order valence-corrected chi connectivity index (χ4v) is 4.89. The summed E-state index contributed by atoms with van der Waals surface area (Å²) >= 11 is 6.00. The second-order valence-corrected chi connectivity index (χ2v) is 8.71. The average molecular weight is 440 g/mol. The lowest BCUT2D eigenvalue weighted by molar-refractivity contribution is 0.0450. The number of carbonyl (C=O) groups excluding carboxylic acids is 1. The van der Waals surface area contributed by atoms with Gasteiger partial charge in [-0.3, -0.25) is 0 Å². The third-order valence-corrected chi connectivity index (χ3v) is 6.72. The van der Waals surface area contributed by atoms with E-state index in [1.807, 2.05) is 0 Å². The first-order valence-corrected chi connectivity index (χ1v) is 11.0. The molecule has 0 amide bonds. The second kappa shape index (κ2) is 9.47. The molecule has 1 aliphatic heterocycles. The minimum atomic E-state index is -3.74. The molecule has 1 heterocycles. The van der Waals surface area contributed by atoms with E-state index in [1.54, 1.807) is 24.3 Å². The zero-order chi connectivity index (χ0) is 20.9. The van der Waals surface area contributed by atoms with Gasteiger partial charge in [0.05, 0.1) is 17.7 Å². The quantitative estimate of drug-likeness (QED) is 0.463. The van der Waals surface area contributed by atoms with Crippen molar-refractivity contribution >= 4 is 27.6 Å². The zero-order valence-electron chi connectivity index (χ0n) is 16.0. The lowest BCUT2D eigenvalue weighted by Gasteiger charge is -2.18. The Morgan fingerprint density at radius 1 is 1.07 bits per heavy atom. The molecule has 0 spiro atoms. The van der Waals surface area contributed by atoms with Gasteiger partial charge in [-0.15, -0.1) is 0 Å². The Morgan fingerprint density at radius 3 is 2.48 bits per heavy atom. The van der Waals surface area contributed by atoms with Gasteiger partial charge < -0.3 is 14.2 Å². The van der Waals surface area contributed by atoms with E-state index in [9.17, 15) is 13.2 Å². The molecule has 0 bridgehead atoms. The molecule has 0 aliphatic carbocycles. The molecule has 0 N–H and O–H groups in total. The minimum absolute atomic E-state index is 0.00963. The average Bonchev–Trinajstić information content (AvgIpc) is 3.27. The van der Waals surface area contributed by atoms with Crippen LogP contribution in [0.15, 0.2) is 47.4 Å². The molecule has 156 valence electrons. The standard InChI is InChI=1S/C20H22ClNO6S/c1-26-18-9-8-15(14-19(18)29(24,25)22-10-4-5-11-22)20(23)28-13-12-27-17-7-3-2-6-16(17)21/h2-3,6-9,14H,4-5,10-13H2,1H3. The van der Waals surface area contributed by atoms with Crippen LogP contribution in [0.25, 0.3) is 0 Å². The van der Waals surface area contributed by atoms with Crippen molar-refractivity contribution in [2.45, 2.75) is 17.7 Å². The van der Waals surface area contributed by atoms with Crippen molar-refractivity contribution in [2.24, 2.45) is 0 Å². The third-order valence-electron chi connectivity index (χ3n) is 4.49. The summed E-state index contributed by atoms with van der Waals surface area (Å²) in [5.41, 5.74) is 0.126. The van der Waals surface area contributed by atoms with Gasteiger partial charge in [0, 0.05) is 13.1 Å². The number of para-hydroxylation sites is 1. The smallest absolute Gasteiger partial charge is 0.338 e. The van der Waals surface area contributed by atoms with E-state index in [0.29, 0.717) is 23.9 Å². The highest BCUT2D eigenvalue weighted by Crippen LogP contribution is 2.30. The Bertz CT molecular complexity index is 973. The maximum absolute atomic E-state index is 12.9. The molecule has 3 rings (SSSR count). The number of rotatable bonds is 8. The molecule has 2 aromatic carbocycles. The predicted octanol–water partition coefficient (Wildman–Crippen LogP) is 3.37. The van der Waals surface area contributed by atoms with Crippen LogP contribution in [0.3, 0.4) is 0 Å². The Balaban J connectivity index is 1.67. The Morgan fingerprint density at radius 2 is 1.79 bits per heavy atom. The first-order valence-electron chi connectivity index (χ1n) is 9.16. The molecule has 9 heteroatoms. The molecule has 1 aliphatic rings. The van der Waals surface area contributed by atoms with E-state index in [0.717, 1.165) is 12.8 Å². The summed E-state index contributed by atoms with van der Waals surface area (Å²) in [7, 11) is -2.35. The number of hydrogen-bond acceptors (Lipinski definition) is 6. The molecule has 1 saturated heterocycles. The second-order valence-electron chi connectivity index (χ2n) is 6.39. The normalized spacial score (nSPS) is 14.6. The minimum Gasteiger partial charge on any atom is -0.495 e. The van der Waals surface area contributed by atoms with Crippen LogP contribution in [0.2, 0.25) is 5.02 Å². The van der Waals surface area contributed by atoms with E-state index in [2.05, 4.69) is 0 Å². The molecular weight excluding hydrogens is 418 g/mol. The monoisotopic (exact) mass is 439 g/mol. The van der Waals surface area contributed by atoms with Gasteiger partial charge in [-0.1, -0.05) is 23.7 Å². The van der Waals surface area contributed by atoms with Crippen LogP contribution in [0, 0.1) is 0 Å². The van der Waals surface area contributed by atoms with Gasteiger partial charge in [0.2, 0.25) is 10.0 Å². The Labute approximate surface area is 175 Å².